The number of carbonyl (C=O) groups is 2. The molecule has 0 aliphatic heterocycles. The average Bonchev–Trinajstić information content (AvgIpc) is 2.53. The van der Waals surface area contributed by atoms with Crippen LogP contribution in [0.4, 0.5) is 4.39 Å². The maximum atomic E-state index is 13.0. The van der Waals surface area contributed by atoms with Gasteiger partial charge in [-0.2, -0.15) is 0 Å². The van der Waals surface area contributed by atoms with E-state index in [0.29, 0.717) is 11.1 Å². The van der Waals surface area contributed by atoms with Crippen LogP contribution in [-0.4, -0.2) is 17.9 Å². The van der Waals surface area contributed by atoms with E-state index in [1.807, 2.05) is 19.9 Å². The largest absolute Gasteiger partial charge is 0.352 e. The zero-order valence-corrected chi connectivity index (χ0v) is 13.0. The van der Waals surface area contributed by atoms with Crippen LogP contribution < -0.4 is 10.6 Å². The molecule has 4 nitrogen and oxygen atoms in total. The normalized spacial score (nSPS) is 11.8. The van der Waals surface area contributed by atoms with Crippen molar-refractivity contribution in [2.24, 2.45) is 0 Å². The van der Waals surface area contributed by atoms with E-state index in [-0.39, 0.29) is 11.9 Å². The summed E-state index contributed by atoms with van der Waals surface area (Å²) in [5.74, 6) is -1.14. The Kier molecular flexibility index (Phi) is 5.46. The Hall–Kier alpha value is -2.69. The molecule has 2 aromatic carbocycles. The first-order valence-electron chi connectivity index (χ1n) is 7.39. The van der Waals surface area contributed by atoms with E-state index < -0.39 is 17.8 Å². The van der Waals surface area contributed by atoms with Crippen LogP contribution in [0.5, 0.6) is 0 Å². The van der Waals surface area contributed by atoms with Gasteiger partial charge in [0.05, 0.1) is 0 Å². The average molecular weight is 314 g/mol. The molecule has 2 N–H and O–H groups in total. The number of benzene rings is 2. The lowest BCUT2D eigenvalue weighted by molar-refractivity contribution is -0.123. The number of rotatable bonds is 5. The van der Waals surface area contributed by atoms with Crippen LogP contribution in [0, 0.1) is 5.82 Å². The molecule has 2 rings (SSSR count). The summed E-state index contributed by atoms with van der Waals surface area (Å²) in [5, 5.41) is 5.49. The Morgan fingerprint density at radius 1 is 0.913 bits per heavy atom. The summed E-state index contributed by atoms with van der Waals surface area (Å²) < 4.78 is 13.0. The third kappa shape index (κ3) is 4.64. The van der Waals surface area contributed by atoms with Crippen LogP contribution in [0.2, 0.25) is 0 Å². The van der Waals surface area contributed by atoms with E-state index >= 15 is 0 Å². The summed E-state index contributed by atoms with van der Waals surface area (Å²) >= 11 is 0. The van der Waals surface area contributed by atoms with E-state index in [9.17, 15) is 14.0 Å². The third-order valence-electron chi connectivity index (χ3n) is 3.21. The molecule has 0 radical (unpaired) electrons. The fourth-order valence-corrected chi connectivity index (χ4v) is 2.13. The number of halogens is 1. The van der Waals surface area contributed by atoms with Gasteiger partial charge < -0.3 is 10.6 Å². The van der Waals surface area contributed by atoms with E-state index in [0.717, 1.165) is 0 Å². The minimum absolute atomic E-state index is 0.0450. The monoisotopic (exact) mass is 314 g/mol. The molecule has 0 unspecified atom stereocenters. The van der Waals surface area contributed by atoms with Crippen LogP contribution in [0.1, 0.15) is 35.8 Å². The van der Waals surface area contributed by atoms with Crippen molar-refractivity contribution < 1.29 is 14.0 Å². The first-order valence-corrected chi connectivity index (χ1v) is 7.39. The summed E-state index contributed by atoms with van der Waals surface area (Å²) in [6, 6.07) is 13.3. The quantitative estimate of drug-likeness (QED) is 0.891. The smallest absolute Gasteiger partial charge is 0.252 e. The van der Waals surface area contributed by atoms with Gasteiger partial charge in [0.1, 0.15) is 11.9 Å². The van der Waals surface area contributed by atoms with Gasteiger partial charge in [0.2, 0.25) is 5.91 Å². The Balaban J connectivity index is 2.22. The van der Waals surface area contributed by atoms with E-state index in [1.165, 1.54) is 24.3 Å². The van der Waals surface area contributed by atoms with Crippen LogP contribution in [0.3, 0.4) is 0 Å². The number of amides is 2. The van der Waals surface area contributed by atoms with E-state index in [2.05, 4.69) is 10.6 Å². The van der Waals surface area contributed by atoms with Gasteiger partial charge in [-0.15, -0.1) is 0 Å². The number of nitrogens with one attached hydrogen (secondary N) is 2. The Morgan fingerprint density at radius 2 is 1.52 bits per heavy atom. The van der Waals surface area contributed by atoms with Crippen molar-refractivity contribution in [1.29, 1.82) is 0 Å². The van der Waals surface area contributed by atoms with Gasteiger partial charge in [0.25, 0.3) is 5.91 Å². The molecule has 120 valence electrons. The van der Waals surface area contributed by atoms with Crippen LogP contribution in [0.25, 0.3) is 0 Å². The highest BCUT2D eigenvalue weighted by molar-refractivity contribution is 5.97. The third-order valence-corrected chi connectivity index (χ3v) is 3.21. The van der Waals surface area contributed by atoms with Crippen LogP contribution >= 0.6 is 0 Å². The second-order valence-electron chi connectivity index (χ2n) is 5.49. The topological polar surface area (TPSA) is 58.2 Å². The Morgan fingerprint density at radius 3 is 2.09 bits per heavy atom. The molecule has 0 heterocycles. The summed E-state index contributed by atoms with van der Waals surface area (Å²) in [5.41, 5.74) is 0.978. The minimum atomic E-state index is -0.809. The predicted octanol–water partition coefficient (Wildman–Crippen LogP) is 2.82. The molecule has 2 aromatic rings. The fraction of sp³-hybridized carbons (Fsp3) is 0.222. The second kappa shape index (κ2) is 7.54. The molecular formula is C18H19FN2O2. The highest BCUT2D eigenvalue weighted by atomic mass is 19.1. The molecule has 0 saturated carbocycles. The number of carbonyl (C=O) groups excluding carboxylic acids is 2. The SMILES string of the molecule is CC(C)NC(=O)[C@@H](NC(=O)c1ccc(F)cc1)c1ccccc1. The van der Waals surface area contributed by atoms with Gasteiger partial charge in [-0.3, -0.25) is 9.59 Å². The standard InChI is InChI=1S/C18H19FN2O2/c1-12(2)20-18(23)16(13-6-4-3-5-7-13)21-17(22)14-8-10-15(19)11-9-14/h3-12,16H,1-2H3,(H,20,23)(H,21,22)/t16-/m0/s1. The first-order chi connectivity index (χ1) is 11.0. The first kappa shape index (κ1) is 16.7. The molecule has 0 aromatic heterocycles. The molecule has 0 spiro atoms. The molecule has 5 heteroatoms. The summed E-state index contributed by atoms with van der Waals surface area (Å²) in [6.45, 7) is 3.70. The molecule has 23 heavy (non-hydrogen) atoms. The molecule has 0 saturated heterocycles. The van der Waals surface area contributed by atoms with Gasteiger partial charge in [-0.1, -0.05) is 30.3 Å². The van der Waals surface area contributed by atoms with Crippen LogP contribution in [-0.2, 0) is 4.79 Å². The number of hydrogen-bond acceptors (Lipinski definition) is 2. The molecule has 0 aliphatic carbocycles. The van der Waals surface area contributed by atoms with E-state index in [1.54, 1.807) is 24.3 Å². The molecule has 2 amide bonds. The maximum absolute atomic E-state index is 13.0. The lowest BCUT2D eigenvalue weighted by atomic mass is 10.0. The van der Waals surface area contributed by atoms with Crippen molar-refractivity contribution in [1.82, 2.24) is 10.6 Å². The van der Waals surface area contributed by atoms with Crippen molar-refractivity contribution in [3.05, 3.63) is 71.5 Å². The van der Waals surface area contributed by atoms with Gasteiger partial charge in [0, 0.05) is 11.6 Å². The number of hydrogen-bond donors (Lipinski definition) is 2. The highest BCUT2D eigenvalue weighted by Crippen LogP contribution is 2.14. The zero-order valence-electron chi connectivity index (χ0n) is 13.0. The van der Waals surface area contributed by atoms with Crippen molar-refractivity contribution >= 4 is 11.8 Å². The molecule has 0 fully saturated rings. The maximum Gasteiger partial charge on any atom is 0.252 e. The lowest BCUT2D eigenvalue weighted by Gasteiger charge is -2.20. The van der Waals surface area contributed by atoms with E-state index in [4.69, 9.17) is 0 Å². The van der Waals surface area contributed by atoms with Crippen LogP contribution in [0.15, 0.2) is 54.6 Å². The highest BCUT2D eigenvalue weighted by Gasteiger charge is 2.23. The summed E-state index contributed by atoms with van der Waals surface area (Å²) in [6.07, 6.45) is 0. The summed E-state index contributed by atoms with van der Waals surface area (Å²) in [7, 11) is 0. The van der Waals surface area contributed by atoms with Crippen molar-refractivity contribution in [3.8, 4) is 0 Å². The lowest BCUT2D eigenvalue weighted by Crippen LogP contribution is -2.42. The fourth-order valence-electron chi connectivity index (χ4n) is 2.13. The molecular weight excluding hydrogens is 295 g/mol. The second-order valence-corrected chi connectivity index (χ2v) is 5.49. The summed E-state index contributed by atoms with van der Waals surface area (Å²) in [4.78, 5) is 24.7. The van der Waals surface area contributed by atoms with Gasteiger partial charge in [0.15, 0.2) is 0 Å². The van der Waals surface area contributed by atoms with Crippen molar-refractivity contribution in [2.45, 2.75) is 25.9 Å². The Labute approximate surface area is 134 Å². The minimum Gasteiger partial charge on any atom is -0.352 e. The van der Waals surface area contributed by atoms with Gasteiger partial charge >= 0.3 is 0 Å². The van der Waals surface area contributed by atoms with Crippen molar-refractivity contribution in [3.63, 3.8) is 0 Å². The zero-order chi connectivity index (χ0) is 16.8. The van der Waals surface area contributed by atoms with Gasteiger partial charge in [-0.25, -0.2) is 4.39 Å². The predicted molar refractivity (Wildman–Crippen MR) is 86.3 cm³/mol. The molecule has 0 aliphatic rings. The molecule has 0 bridgehead atoms. The Bertz CT molecular complexity index is 669. The van der Waals surface area contributed by atoms with Crippen molar-refractivity contribution in [2.75, 3.05) is 0 Å². The van der Waals surface area contributed by atoms with Gasteiger partial charge in [-0.05, 0) is 43.7 Å². The molecule has 1 atom stereocenters.